The van der Waals surface area contributed by atoms with Crippen LogP contribution >= 0.6 is 0 Å². The Morgan fingerprint density at radius 1 is 0.575 bits per heavy atom. The second-order valence-electron chi connectivity index (χ2n) is 9.35. The summed E-state index contributed by atoms with van der Waals surface area (Å²) in [6.45, 7) is 9.27. The van der Waals surface area contributed by atoms with Crippen molar-refractivity contribution in [2.24, 2.45) is 0 Å². The predicted octanol–water partition coefficient (Wildman–Crippen LogP) is -1.71. The van der Waals surface area contributed by atoms with Gasteiger partial charge in [0.25, 0.3) is 0 Å². The summed E-state index contributed by atoms with van der Waals surface area (Å²) in [5.74, 6) is -1.18. The Morgan fingerprint density at radius 2 is 0.950 bits per heavy atom. The van der Waals surface area contributed by atoms with Gasteiger partial charge in [0.05, 0.1) is 60.7 Å². The number of ether oxygens (including phenoxy) is 5. The average molecular weight is 576 g/mol. The van der Waals surface area contributed by atoms with Gasteiger partial charge in [-0.1, -0.05) is 0 Å². The quantitative estimate of drug-likeness (QED) is 0.127. The van der Waals surface area contributed by atoms with Crippen LogP contribution in [0.25, 0.3) is 0 Å². The molecule has 1 N–H and O–H groups in total. The number of esters is 3. The summed E-state index contributed by atoms with van der Waals surface area (Å²) in [6.07, 6.45) is 0.694. The van der Waals surface area contributed by atoms with Gasteiger partial charge in [0, 0.05) is 72.1 Å². The van der Waals surface area contributed by atoms with Gasteiger partial charge >= 0.3 is 17.9 Å². The van der Waals surface area contributed by atoms with Crippen molar-refractivity contribution in [1.29, 1.82) is 0 Å². The summed E-state index contributed by atoms with van der Waals surface area (Å²) in [6, 6.07) is 0. The average Bonchev–Trinajstić information content (AvgIpc) is 2.95. The fourth-order valence-corrected chi connectivity index (χ4v) is 3.98. The molecule has 0 aromatic rings. The molecule has 0 unspecified atom stereocenters. The zero-order valence-corrected chi connectivity index (χ0v) is 24.7. The third kappa shape index (κ3) is 17.4. The van der Waals surface area contributed by atoms with Crippen LogP contribution in [0, 0.1) is 0 Å². The number of nitrogens with zero attached hydrogens (tertiary/aromatic N) is 4. The van der Waals surface area contributed by atoms with Crippen LogP contribution in [-0.4, -0.2) is 176 Å². The Labute approximate surface area is 238 Å². The molecule has 0 radical (unpaired) electrons. The second-order valence-corrected chi connectivity index (χ2v) is 9.35. The highest BCUT2D eigenvalue weighted by Crippen LogP contribution is 2.02. The van der Waals surface area contributed by atoms with E-state index in [-0.39, 0.29) is 50.0 Å². The van der Waals surface area contributed by atoms with E-state index in [0.29, 0.717) is 91.8 Å². The number of amides is 1. The summed E-state index contributed by atoms with van der Waals surface area (Å²) in [4.78, 5) is 56.6. The predicted molar refractivity (Wildman–Crippen MR) is 147 cm³/mol. The van der Waals surface area contributed by atoms with Gasteiger partial charge < -0.3 is 29.0 Å². The molecule has 0 aromatic carbocycles. The van der Waals surface area contributed by atoms with Crippen molar-refractivity contribution in [2.45, 2.75) is 13.3 Å². The summed E-state index contributed by atoms with van der Waals surface area (Å²) in [7, 11) is 4.03. The van der Waals surface area contributed by atoms with E-state index < -0.39 is 0 Å². The Balaban J connectivity index is 2.81. The van der Waals surface area contributed by atoms with Crippen LogP contribution in [0.1, 0.15) is 13.3 Å². The molecule has 0 aromatic heterocycles. The first-order chi connectivity index (χ1) is 19.3. The fourth-order valence-electron chi connectivity index (χ4n) is 3.98. The number of rotatable bonds is 16. The fraction of sp³-hybridized carbons (Fsp3) is 0.846. The molecular formula is C26H49N5O9. The highest BCUT2D eigenvalue weighted by molar-refractivity contribution is 5.78. The minimum Gasteiger partial charge on any atom is -0.468 e. The summed E-state index contributed by atoms with van der Waals surface area (Å²) in [5.41, 5.74) is 0. The molecule has 1 aliphatic heterocycles. The zero-order chi connectivity index (χ0) is 29.6. The van der Waals surface area contributed by atoms with E-state index in [0.717, 1.165) is 0 Å². The molecule has 1 heterocycles. The van der Waals surface area contributed by atoms with Crippen LogP contribution in [0.3, 0.4) is 0 Å². The topological polar surface area (TPSA) is 139 Å². The van der Waals surface area contributed by atoms with Crippen molar-refractivity contribution in [3.63, 3.8) is 0 Å². The minimum absolute atomic E-state index is 0.0957. The van der Waals surface area contributed by atoms with Crippen molar-refractivity contribution >= 4 is 23.8 Å². The number of carbonyl (C=O) groups excluding carboxylic acids is 4. The van der Waals surface area contributed by atoms with E-state index in [2.05, 4.69) is 5.32 Å². The number of hydrogen-bond donors (Lipinski definition) is 1. The monoisotopic (exact) mass is 575 g/mol. The molecule has 0 saturated carbocycles. The van der Waals surface area contributed by atoms with Crippen LogP contribution in [-0.2, 0) is 42.9 Å². The summed E-state index contributed by atoms with van der Waals surface area (Å²) in [5, 5.41) is 2.94. The Kier molecular flexibility index (Phi) is 19.9. The van der Waals surface area contributed by atoms with Crippen LogP contribution in [0.15, 0.2) is 0 Å². The SMILES string of the molecule is CCOCCOCCCNC(=O)CN1CCN(CC(=O)OC)CCN(CC(=O)OC)CCN(CC(=O)OC)CC1. The van der Waals surface area contributed by atoms with Crippen LogP contribution in [0.5, 0.6) is 0 Å². The molecule has 1 fully saturated rings. The third-order valence-corrected chi connectivity index (χ3v) is 6.40. The summed E-state index contributed by atoms with van der Waals surface area (Å²) >= 11 is 0. The molecule has 1 saturated heterocycles. The molecule has 232 valence electrons. The number of methoxy groups -OCH3 is 3. The van der Waals surface area contributed by atoms with Gasteiger partial charge in [-0.25, -0.2) is 0 Å². The standard InChI is InChI=1S/C26H49N5O9/c1-5-39-17-18-40-16-6-7-27-23(32)19-28-8-10-29(20-24(33)36-2)12-14-31(22-26(35)38-4)15-13-30(11-9-28)21-25(34)37-3/h5-22H2,1-4H3,(H,27,32). The third-order valence-electron chi connectivity index (χ3n) is 6.40. The number of nitrogens with one attached hydrogen (secondary N) is 1. The molecule has 14 heteroatoms. The van der Waals surface area contributed by atoms with Crippen molar-refractivity contribution in [3.05, 3.63) is 0 Å². The van der Waals surface area contributed by atoms with Crippen LogP contribution in [0.2, 0.25) is 0 Å². The van der Waals surface area contributed by atoms with Crippen molar-refractivity contribution in [3.8, 4) is 0 Å². The Morgan fingerprint density at radius 3 is 1.32 bits per heavy atom. The van der Waals surface area contributed by atoms with E-state index >= 15 is 0 Å². The largest absolute Gasteiger partial charge is 0.468 e. The van der Waals surface area contributed by atoms with Crippen molar-refractivity contribution < 1.29 is 42.9 Å². The molecule has 1 aliphatic rings. The lowest BCUT2D eigenvalue weighted by atomic mass is 10.3. The van der Waals surface area contributed by atoms with E-state index in [4.69, 9.17) is 23.7 Å². The van der Waals surface area contributed by atoms with Gasteiger partial charge in [-0.2, -0.15) is 0 Å². The maximum atomic E-state index is 12.7. The number of hydrogen-bond acceptors (Lipinski definition) is 13. The first kappa shape index (κ1) is 35.7. The molecule has 14 nitrogen and oxygen atoms in total. The molecular weight excluding hydrogens is 526 g/mol. The highest BCUT2D eigenvalue weighted by atomic mass is 16.5. The summed E-state index contributed by atoms with van der Waals surface area (Å²) < 4.78 is 25.3. The van der Waals surface area contributed by atoms with E-state index in [1.54, 1.807) is 0 Å². The Bertz CT molecular complexity index is 709. The molecule has 1 rings (SSSR count). The van der Waals surface area contributed by atoms with Crippen LogP contribution < -0.4 is 5.32 Å². The molecule has 40 heavy (non-hydrogen) atoms. The van der Waals surface area contributed by atoms with E-state index in [1.165, 1.54) is 21.3 Å². The van der Waals surface area contributed by atoms with Gasteiger partial charge in [0.2, 0.25) is 5.91 Å². The number of carbonyl (C=O) groups is 4. The van der Waals surface area contributed by atoms with Gasteiger partial charge in [0.1, 0.15) is 0 Å². The lowest BCUT2D eigenvalue weighted by Crippen LogP contribution is -2.50. The lowest BCUT2D eigenvalue weighted by molar-refractivity contribution is -0.144. The molecule has 0 atom stereocenters. The van der Waals surface area contributed by atoms with Crippen molar-refractivity contribution in [2.75, 3.05) is 133 Å². The molecule has 0 aliphatic carbocycles. The van der Waals surface area contributed by atoms with E-state index in [9.17, 15) is 19.2 Å². The van der Waals surface area contributed by atoms with Gasteiger partial charge in [0.15, 0.2) is 0 Å². The maximum Gasteiger partial charge on any atom is 0.319 e. The first-order valence-corrected chi connectivity index (χ1v) is 13.8. The van der Waals surface area contributed by atoms with E-state index in [1.807, 2.05) is 26.5 Å². The highest BCUT2D eigenvalue weighted by Gasteiger charge is 2.21. The Hall–Kier alpha value is -2.36. The minimum atomic E-state index is -0.361. The first-order valence-electron chi connectivity index (χ1n) is 13.8. The zero-order valence-electron chi connectivity index (χ0n) is 24.7. The smallest absolute Gasteiger partial charge is 0.319 e. The van der Waals surface area contributed by atoms with Crippen LogP contribution in [0.4, 0.5) is 0 Å². The lowest BCUT2D eigenvalue weighted by Gasteiger charge is -2.33. The van der Waals surface area contributed by atoms with Crippen molar-refractivity contribution in [1.82, 2.24) is 24.9 Å². The van der Waals surface area contributed by atoms with Gasteiger partial charge in [-0.3, -0.25) is 38.8 Å². The molecule has 0 bridgehead atoms. The second kappa shape index (κ2) is 22.3. The molecule has 1 amide bonds. The molecule has 0 spiro atoms. The maximum absolute atomic E-state index is 12.7. The van der Waals surface area contributed by atoms with Gasteiger partial charge in [-0.15, -0.1) is 0 Å². The van der Waals surface area contributed by atoms with Gasteiger partial charge in [-0.05, 0) is 13.3 Å². The normalized spacial score (nSPS) is 16.9.